The van der Waals surface area contributed by atoms with Crippen LogP contribution in [0.1, 0.15) is 89.7 Å². The first-order valence-electron chi connectivity index (χ1n) is 19.3. The molecule has 1 aliphatic carbocycles. The van der Waals surface area contributed by atoms with Gasteiger partial charge in [-0.3, -0.25) is 39.1 Å². The number of nitrogens with zero attached hydrogens (tertiary/aromatic N) is 5. The molecule has 2 saturated heterocycles. The minimum Gasteiger partial charge on any atom is -0.490 e. The molecule has 3 aromatic rings. The van der Waals surface area contributed by atoms with Crippen LogP contribution in [0.2, 0.25) is 5.02 Å². The fourth-order valence-electron chi connectivity index (χ4n) is 9.98. The molecule has 4 aliphatic heterocycles. The zero-order valence-corrected chi connectivity index (χ0v) is 33.6. The summed E-state index contributed by atoms with van der Waals surface area (Å²) in [5, 5.41) is 2.54. The molecule has 58 heavy (non-hydrogen) atoms. The molecule has 3 aromatic carbocycles. The van der Waals surface area contributed by atoms with Crippen LogP contribution in [0.25, 0.3) is 4.85 Å². The van der Waals surface area contributed by atoms with Gasteiger partial charge in [-0.2, -0.15) is 0 Å². The molecular weight excluding hydrogens is 763 g/mol. The predicted octanol–water partition coefficient (Wildman–Crippen LogP) is 5.83. The predicted molar refractivity (Wildman–Crippen MR) is 213 cm³/mol. The number of piperidine rings is 1. The largest absolute Gasteiger partial charge is 0.490 e. The number of carbonyl (C=O) groups excluding carboxylic acids is 5. The van der Waals surface area contributed by atoms with Crippen LogP contribution in [-0.2, 0) is 16.1 Å². The van der Waals surface area contributed by atoms with Crippen LogP contribution in [0.4, 0.5) is 15.8 Å². The highest BCUT2D eigenvalue weighted by Gasteiger charge is 2.67. The number of benzene rings is 3. The van der Waals surface area contributed by atoms with Crippen molar-refractivity contribution in [3.8, 4) is 17.6 Å². The van der Waals surface area contributed by atoms with Crippen molar-refractivity contribution < 1.29 is 33.1 Å². The van der Waals surface area contributed by atoms with Gasteiger partial charge in [0.25, 0.3) is 17.7 Å². The van der Waals surface area contributed by atoms with Gasteiger partial charge in [-0.05, 0) is 61.4 Å². The van der Waals surface area contributed by atoms with Crippen molar-refractivity contribution in [3.63, 3.8) is 0 Å². The second-order valence-corrected chi connectivity index (χ2v) is 17.2. The van der Waals surface area contributed by atoms with Gasteiger partial charge in [-0.1, -0.05) is 57.2 Å². The fraction of sp³-hybridized carbons (Fsp3) is 0.409. The maximum Gasteiger partial charge on any atom is 0.262 e. The summed E-state index contributed by atoms with van der Waals surface area (Å²) in [6.45, 7) is 20.4. The topological polar surface area (TPSA) is 124 Å². The third kappa shape index (κ3) is 6.37. The van der Waals surface area contributed by atoms with E-state index in [1.54, 1.807) is 18.2 Å². The van der Waals surface area contributed by atoms with Gasteiger partial charge in [0.05, 0.1) is 29.4 Å². The Labute approximate surface area is 341 Å². The molecule has 8 rings (SSSR count). The summed E-state index contributed by atoms with van der Waals surface area (Å²) in [4.78, 5) is 74.6. The average molecular weight is 805 g/mol. The lowest BCUT2D eigenvalue weighted by molar-refractivity contribution is -0.199. The average Bonchev–Trinajstić information content (AvgIpc) is 3.62. The van der Waals surface area contributed by atoms with Crippen molar-refractivity contribution in [2.24, 2.45) is 10.8 Å². The van der Waals surface area contributed by atoms with E-state index in [1.807, 2.05) is 34.9 Å². The lowest BCUT2D eigenvalue weighted by Crippen LogP contribution is -2.74. The maximum atomic E-state index is 15.5. The summed E-state index contributed by atoms with van der Waals surface area (Å²) >= 11 is 6.15. The maximum absolute atomic E-state index is 15.5. The van der Waals surface area contributed by atoms with Crippen LogP contribution in [0.5, 0.6) is 5.75 Å². The molecule has 1 N–H and O–H groups in total. The zero-order chi connectivity index (χ0) is 41.4. The number of halogens is 2. The Bertz CT molecular complexity index is 2410. The molecule has 12 nitrogen and oxygen atoms in total. The molecule has 0 bridgehead atoms. The number of hydrogen-bond donors (Lipinski definition) is 1. The highest BCUT2D eigenvalue weighted by molar-refractivity contribution is 6.33. The molecular formula is C44H42ClFN6O6. The smallest absolute Gasteiger partial charge is 0.262 e. The molecule has 5 amide bonds. The monoisotopic (exact) mass is 804 g/mol. The van der Waals surface area contributed by atoms with Crippen molar-refractivity contribution in [2.45, 2.75) is 78.2 Å². The highest BCUT2D eigenvalue weighted by Crippen LogP contribution is 2.59. The molecule has 2 atom stereocenters. The van der Waals surface area contributed by atoms with Gasteiger partial charge in [0.2, 0.25) is 17.5 Å². The molecule has 4 heterocycles. The standard InChI is InChI=1S/C44H42ClFN6O6/c1-24(49-15-17-50(18-16-49)35-22-30-29(21-32(35)46)39(56)52(40(30)57)34-13-14-36(53)48-37(34)54)7-8-25-9-11-28-26(19-25)23-51(38(28)55)41-43(2,3)42(44(41,4)5)58-27-10-12-31(45)33(20-27)47-6/h9-12,19-22,24,34,41-42H,13-18,23H2,1-5H3,(H,48,53,54). The van der Waals surface area contributed by atoms with Crippen molar-refractivity contribution >= 4 is 52.5 Å². The van der Waals surface area contributed by atoms with Crippen LogP contribution < -0.4 is 15.0 Å². The Morgan fingerprint density at radius 2 is 1.60 bits per heavy atom. The second kappa shape index (κ2) is 14.3. The first kappa shape index (κ1) is 39.1. The quantitative estimate of drug-likeness (QED) is 0.188. The van der Waals surface area contributed by atoms with E-state index in [1.165, 1.54) is 6.07 Å². The molecule has 14 heteroatoms. The van der Waals surface area contributed by atoms with Gasteiger partial charge in [0, 0.05) is 72.2 Å². The molecule has 1 saturated carbocycles. The van der Waals surface area contributed by atoms with E-state index >= 15 is 4.39 Å². The number of nitrogens with one attached hydrogen (secondary N) is 1. The highest BCUT2D eigenvalue weighted by atomic mass is 35.5. The lowest BCUT2D eigenvalue weighted by atomic mass is 9.49. The van der Waals surface area contributed by atoms with Crippen LogP contribution in [0.3, 0.4) is 0 Å². The molecule has 298 valence electrons. The zero-order valence-electron chi connectivity index (χ0n) is 32.8. The molecule has 3 fully saturated rings. The number of carbonyl (C=O) groups is 5. The number of imide groups is 2. The Morgan fingerprint density at radius 1 is 0.914 bits per heavy atom. The fourth-order valence-corrected chi connectivity index (χ4v) is 10.1. The number of anilines is 1. The minimum atomic E-state index is -1.12. The van der Waals surface area contributed by atoms with Crippen molar-refractivity contribution in [1.82, 2.24) is 20.0 Å². The molecule has 0 spiro atoms. The van der Waals surface area contributed by atoms with Crippen LogP contribution in [-0.4, -0.2) is 94.6 Å². The number of hydrogen-bond acceptors (Lipinski definition) is 8. The molecule has 0 radical (unpaired) electrons. The van der Waals surface area contributed by atoms with Crippen molar-refractivity contribution in [1.29, 1.82) is 0 Å². The molecule has 2 unspecified atom stereocenters. The first-order chi connectivity index (χ1) is 27.5. The number of rotatable bonds is 6. The summed E-state index contributed by atoms with van der Waals surface area (Å²) in [5.41, 5.74) is 2.10. The third-order valence-electron chi connectivity index (χ3n) is 12.4. The van der Waals surface area contributed by atoms with Gasteiger partial charge in [-0.25, -0.2) is 9.24 Å². The lowest BCUT2D eigenvalue weighted by Gasteiger charge is -2.65. The summed E-state index contributed by atoms with van der Waals surface area (Å²) in [7, 11) is 0. The van der Waals surface area contributed by atoms with Gasteiger partial charge < -0.3 is 14.5 Å². The number of ether oxygens (including phenoxy) is 1. The van der Waals surface area contributed by atoms with Crippen molar-refractivity contribution in [3.05, 3.63) is 98.6 Å². The van der Waals surface area contributed by atoms with Crippen molar-refractivity contribution in [2.75, 3.05) is 31.1 Å². The summed E-state index contributed by atoms with van der Waals surface area (Å²) in [5.74, 6) is 3.96. The second-order valence-electron chi connectivity index (χ2n) is 16.8. The number of amides is 5. The number of fused-ring (bicyclic) bond motifs is 2. The SMILES string of the molecule is [C-]#[N+]c1cc(OC2C(C)(C)C(N3Cc4cc(C#CC(C)N5CCN(c6cc7c(cc6F)C(=O)N(C6CCC(=O)NC6=O)C7=O)CC5)ccc4C3=O)C2(C)C)ccc1Cl. The summed E-state index contributed by atoms with van der Waals surface area (Å²) in [6.07, 6.45) is -0.195. The Balaban J connectivity index is 0.897. The van der Waals surface area contributed by atoms with Gasteiger partial charge in [0.15, 0.2) is 0 Å². The summed E-state index contributed by atoms with van der Waals surface area (Å²) < 4.78 is 21.9. The summed E-state index contributed by atoms with van der Waals surface area (Å²) in [6, 6.07) is 11.9. The van der Waals surface area contributed by atoms with E-state index in [0.717, 1.165) is 22.1 Å². The van der Waals surface area contributed by atoms with Gasteiger partial charge in [-0.15, -0.1) is 0 Å². The Hall–Kier alpha value is -5.76. The number of piperazine rings is 1. The van der Waals surface area contributed by atoms with Gasteiger partial charge >= 0.3 is 0 Å². The van der Waals surface area contributed by atoms with E-state index in [0.29, 0.717) is 54.7 Å². The van der Waals surface area contributed by atoms with E-state index < -0.39 is 35.5 Å². The van der Waals surface area contributed by atoms with Crippen LogP contribution in [0.15, 0.2) is 48.5 Å². The van der Waals surface area contributed by atoms with E-state index in [2.05, 4.69) is 54.6 Å². The Morgan fingerprint density at radius 3 is 2.28 bits per heavy atom. The van der Waals surface area contributed by atoms with E-state index in [-0.39, 0.29) is 64.6 Å². The molecule has 0 aromatic heterocycles. The Kier molecular flexibility index (Phi) is 9.61. The van der Waals surface area contributed by atoms with Crippen LogP contribution >= 0.6 is 11.6 Å². The van der Waals surface area contributed by atoms with Gasteiger partial charge in [0.1, 0.15) is 23.7 Å². The normalized spacial score (nSPS) is 24.0. The van der Waals surface area contributed by atoms with Crippen LogP contribution in [0, 0.1) is 35.1 Å². The molecule has 5 aliphatic rings. The first-order valence-corrected chi connectivity index (χ1v) is 19.7. The third-order valence-corrected chi connectivity index (χ3v) is 12.8. The van der Waals surface area contributed by atoms with E-state index in [9.17, 15) is 24.0 Å². The van der Waals surface area contributed by atoms with E-state index in [4.69, 9.17) is 22.9 Å². The minimum absolute atomic E-state index is 0.000154.